The van der Waals surface area contributed by atoms with Crippen LogP contribution in [0.2, 0.25) is 0 Å². The molecule has 5 aliphatic rings. The number of fused-ring (bicyclic) bond motifs is 2. The van der Waals surface area contributed by atoms with Gasteiger partial charge in [-0.1, -0.05) is 38.1 Å². The van der Waals surface area contributed by atoms with E-state index in [1.807, 2.05) is 18.2 Å². The number of piperidine rings is 1. The third-order valence-corrected chi connectivity index (χ3v) is 18.1. The number of sulfone groups is 1. The molecule has 2 atom stereocenters. The summed E-state index contributed by atoms with van der Waals surface area (Å²) in [4.78, 5) is 42.0. The van der Waals surface area contributed by atoms with Crippen molar-refractivity contribution in [2.24, 2.45) is 11.3 Å². The number of carbonyl (C=O) groups is 1. The van der Waals surface area contributed by atoms with Crippen molar-refractivity contribution in [2.45, 2.75) is 107 Å². The third-order valence-electron chi connectivity index (χ3n) is 15.3. The van der Waals surface area contributed by atoms with Crippen molar-refractivity contribution in [1.29, 1.82) is 0 Å². The standard InChI is InChI=1S/C49H58N8O10S2/c1-30(2)36-6-4-5-7-37(36)41-29-68(62,63)21-20-56(41)34-25-49(26-34)15-18-55(19-16-49)33-8-9-38(42(23-33)67-35-22-32-12-17-50-45(32)51-27-35)46(58)54-69(64,65)43-24-40(57(60)61)44-47(53-43)66-28-39(52-44)31-10-13-48(3,59)14-11-31/h4-9,12,17,22-24,27,30-31,34,39,41,52,59H,10-11,13-16,18-21,25-26,28-29H2,1-3H3,(H,50,51)(H,54,58)/t31?,39-,41+,48?/m1/s1. The topological polar surface area (TPSA) is 239 Å². The average molecular weight is 983 g/mol. The summed E-state index contributed by atoms with van der Waals surface area (Å²) in [5.74, 6) is -0.306. The molecule has 366 valence electrons. The molecule has 2 aromatic carbocycles. The lowest BCUT2D eigenvalue weighted by Gasteiger charge is -2.57. The van der Waals surface area contributed by atoms with Crippen molar-refractivity contribution in [2.75, 3.05) is 48.0 Å². The Bertz CT molecular complexity index is 3030. The maximum atomic E-state index is 14.1. The highest BCUT2D eigenvalue weighted by molar-refractivity contribution is 7.91. The van der Waals surface area contributed by atoms with E-state index in [0.717, 1.165) is 61.5 Å². The number of nitro groups is 1. The summed E-state index contributed by atoms with van der Waals surface area (Å²) < 4.78 is 68.1. The number of nitrogens with zero attached hydrogens (tertiary/aromatic N) is 5. The summed E-state index contributed by atoms with van der Waals surface area (Å²) in [6, 6.07) is 17.4. The summed E-state index contributed by atoms with van der Waals surface area (Å²) in [6.45, 7) is 8.13. The second-order valence-electron chi connectivity index (χ2n) is 20.3. The molecule has 4 N–H and O–H groups in total. The van der Waals surface area contributed by atoms with Gasteiger partial charge >= 0.3 is 5.69 Å². The van der Waals surface area contributed by atoms with E-state index >= 15 is 0 Å². The summed E-state index contributed by atoms with van der Waals surface area (Å²) in [7, 11) is -7.98. The summed E-state index contributed by atoms with van der Waals surface area (Å²) >= 11 is 0. The number of hydrogen-bond acceptors (Lipinski definition) is 15. The van der Waals surface area contributed by atoms with Gasteiger partial charge in [0.25, 0.3) is 15.9 Å². The van der Waals surface area contributed by atoms with Gasteiger partial charge in [0.15, 0.2) is 20.6 Å². The van der Waals surface area contributed by atoms with Crippen LogP contribution in [0.5, 0.6) is 17.4 Å². The number of sulfonamides is 1. The minimum absolute atomic E-state index is 0.0459. The molecule has 0 radical (unpaired) electrons. The molecule has 0 unspecified atom stereocenters. The number of nitrogens with one attached hydrogen (secondary N) is 3. The minimum atomic E-state index is -4.81. The molecule has 1 spiro atoms. The predicted octanol–water partition coefficient (Wildman–Crippen LogP) is 7.24. The van der Waals surface area contributed by atoms with Gasteiger partial charge in [0, 0.05) is 55.1 Å². The summed E-state index contributed by atoms with van der Waals surface area (Å²) in [5, 5.41) is 26.0. The lowest BCUT2D eigenvalue weighted by Crippen LogP contribution is -2.58. The molecule has 5 aromatic rings. The van der Waals surface area contributed by atoms with Crippen molar-refractivity contribution in [3.05, 3.63) is 99.9 Å². The summed E-state index contributed by atoms with van der Waals surface area (Å²) in [5.41, 5.74) is 2.32. The van der Waals surface area contributed by atoms with Crippen LogP contribution in [0.1, 0.15) is 106 Å². The Morgan fingerprint density at radius 1 is 1.04 bits per heavy atom. The normalized spacial score (nSPS) is 24.8. The lowest BCUT2D eigenvalue weighted by atomic mass is 9.59. The van der Waals surface area contributed by atoms with Crippen LogP contribution in [0.25, 0.3) is 11.0 Å². The fraction of sp³-hybridized carbons (Fsp3) is 0.490. The van der Waals surface area contributed by atoms with E-state index in [1.54, 1.807) is 31.3 Å². The Hall–Kier alpha value is -5.83. The number of carbonyl (C=O) groups excluding carboxylic acids is 1. The van der Waals surface area contributed by atoms with Crippen LogP contribution in [0.3, 0.4) is 0 Å². The highest BCUT2D eigenvalue weighted by atomic mass is 32.2. The molecule has 2 aliphatic carbocycles. The van der Waals surface area contributed by atoms with E-state index in [2.05, 4.69) is 60.8 Å². The van der Waals surface area contributed by atoms with E-state index in [-0.39, 0.29) is 76.4 Å². The zero-order valence-corrected chi connectivity index (χ0v) is 40.5. The largest absolute Gasteiger partial charge is 0.474 e. The van der Waals surface area contributed by atoms with Crippen molar-refractivity contribution in [3.63, 3.8) is 0 Å². The minimum Gasteiger partial charge on any atom is -0.474 e. The highest BCUT2D eigenvalue weighted by Crippen LogP contribution is 2.54. The molecular weight excluding hydrogens is 925 g/mol. The van der Waals surface area contributed by atoms with Crippen molar-refractivity contribution in [1.82, 2.24) is 24.6 Å². The van der Waals surface area contributed by atoms with Gasteiger partial charge in [0.2, 0.25) is 5.88 Å². The molecule has 1 amide bonds. The number of aromatic amines is 1. The molecule has 2 saturated heterocycles. The molecule has 6 heterocycles. The van der Waals surface area contributed by atoms with Crippen LogP contribution in [0.15, 0.2) is 78.1 Å². The first-order valence-corrected chi connectivity index (χ1v) is 27.1. The second kappa shape index (κ2) is 17.8. The van der Waals surface area contributed by atoms with Crippen LogP contribution in [-0.4, -0.2) is 108 Å². The van der Waals surface area contributed by atoms with Crippen LogP contribution in [-0.2, 0) is 19.9 Å². The van der Waals surface area contributed by atoms with Crippen LogP contribution in [0.4, 0.5) is 17.1 Å². The third kappa shape index (κ3) is 9.47. The summed E-state index contributed by atoms with van der Waals surface area (Å²) in [6.07, 6.45) is 9.53. The Morgan fingerprint density at radius 2 is 1.80 bits per heavy atom. The molecule has 69 heavy (non-hydrogen) atoms. The second-order valence-corrected chi connectivity index (χ2v) is 24.2. The molecule has 0 bridgehead atoms. The SMILES string of the molecule is CC(C)c1ccccc1[C@@H]1CS(=O)(=O)CCN1C1CC2(CCN(c3ccc(C(=O)NS(=O)(=O)c4cc([N+](=O)[O-])c5c(n4)OC[C@H](C4CCC(C)(O)CC4)N5)c(Oc4cnc5[nH]ccc5c4)c3)CC2)C1. The lowest BCUT2D eigenvalue weighted by molar-refractivity contribution is -0.384. The number of pyridine rings is 2. The Labute approximate surface area is 401 Å². The number of rotatable bonds is 11. The Balaban J connectivity index is 0.860. The molecule has 2 saturated carbocycles. The van der Waals surface area contributed by atoms with Gasteiger partial charge in [-0.25, -0.2) is 18.1 Å². The number of benzene rings is 2. The zero-order valence-electron chi connectivity index (χ0n) is 38.9. The maximum Gasteiger partial charge on any atom is 0.300 e. The molecule has 18 nitrogen and oxygen atoms in total. The average Bonchev–Trinajstić information content (AvgIpc) is 3.78. The smallest absolute Gasteiger partial charge is 0.300 e. The van der Waals surface area contributed by atoms with Gasteiger partial charge in [-0.3, -0.25) is 19.8 Å². The zero-order chi connectivity index (χ0) is 48.5. The fourth-order valence-corrected chi connectivity index (χ4v) is 13.8. The number of aromatic nitrogens is 3. The van der Waals surface area contributed by atoms with Crippen LogP contribution >= 0.6 is 0 Å². The number of H-pyrrole nitrogens is 1. The van der Waals surface area contributed by atoms with E-state index in [9.17, 15) is 36.9 Å². The van der Waals surface area contributed by atoms with E-state index in [0.29, 0.717) is 43.6 Å². The van der Waals surface area contributed by atoms with E-state index in [4.69, 9.17) is 9.47 Å². The number of amides is 1. The molecule has 4 fully saturated rings. The fourth-order valence-electron chi connectivity index (χ4n) is 11.3. The van der Waals surface area contributed by atoms with Gasteiger partial charge in [-0.05, 0) is 111 Å². The molecular formula is C49H58N8O10S2. The molecule has 3 aromatic heterocycles. The first-order valence-electron chi connectivity index (χ1n) is 23.8. The number of ether oxygens (including phenoxy) is 2. The van der Waals surface area contributed by atoms with Gasteiger partial charge in [-0.15, -0.1) is 0 Å². The van der Waals surface area contributed by atoms with Crippen LogP contribution in [0, 0.1) is 21.4 Å². The van der Waals surface area contributed by atoms with E-state index < -0.39 is 47.0 Å². The molecule has 20 heteroatoms. The van der Waals surface area contributed by atoms with Gasteiger partial charge in [0.05, 0.1) is 45.9 Å². The highest BCUT2D eigenvalue weighted by Gasteiger charge is 2.51. The van der Waals surface area contributed by atoms with Crippen molar-refractivity contribution < 1.29 is 41.1 Å². The maximum absolute atomic E-state index is 14.1. The van der Waals surface area contributed by atoms with Crippen molar-refractivity contribution in [3.8, 4) is 17.4 Å². The predicted molar refractivity (Wildman–Crippen MR) is 259 cm³/mol. The number of hydrogen-bond donors (Lipinski definition) is 4. The van der Waals surface area contributed by atoms with Crippen molar-refractivity contribution >= 4 is 53.9 Å². The molecule has 3 aliphatic heterocycles. The van der Waals surface area contributed by atoms with Gasteiger partial charge < -0.3 is 29.8 Å². The van der Waals surface area contributed by atoms with Gasteiger partial charge in [-0.2, -0.15) is 13.4 Å². The number of anilines is 2. The Kier molecular flexibility index (Phi) is 12.1. The van der Waals surface area contributed by atoms with Crippen LogP contribution < -0.4 is 24.4 Å². The van der Waals surface area contributed by atoms with E-state index in [1.165, 1.54) is 17.8 Å². The quantitative estimate of drug-likeness (QED) is 0.0754. The molecule has 10 rings (SSSR count). The monoisotopic (exact) mass is 982 g/mol. The van der Waals surface area contributed by atoms with Gasteiger partial charge in [0.1, 0.15) is 23.8 Å². The Morgan fingerprint density at radius 3 is 2.54 bits per heavy atom. The first-order chi connectivity index (χ1) is 32.8. The number of aliphatic hydroxyl groups is 1. The first kappa shape index (κ1) is 46.9.